The van der Waals surface area contributed by atoms with E-state index >= 15 is 0 Å². The van der Waals surface area contributed by atoms with Crippen LogP contribution in [0.25, 0.3) is 0 Å². The molecule has 0 saturated heterocycles. The van der Waals surface area contributed by atoms with E-state index in [0.717, 1.165) is 24.6 Å². The monoisotopic (exact) mass is 278 g/mol. The summed E-state index contributed by atoms with van der Waals surface area (Å²) in [5.74, 6) is -1.51. The van der Waals surface area contributed by atoms with E-state index in [1.807, 2.05) is 13.8 Å². The van der Waals surface area contributed by atoms with Crippen molar-refractivity contribution in [3.05, 3.63) is 35.4 Å². The van der Waals surface area contributed by atoms with E-state index in [-0.39, 0.29) is 22.8 Å². The molecule has 1 heterocycles. The molecule has 1 saturated carbocycles. The van der Waals surface area contributed by atoms with Gasteiger partial charge < -0.3 is 5.43 Å². The zero-order valence-electron chi connectivity index (χ0n) is 11.4. The summed E-state index contributed by atoms with van der Waals surface area (Å²) < 4.78 is 27.2. The highest BCUT2D eigenvalue weighted by Crippen LogP contribution is 2.39. The molecule has 0 unspecified atom stereocenters. The molecule has 1 aliphatic carbocycles. The lowest BCUT2D eigenvalue weighted by Crippen LogP contribution is -2.45. The largest absolute Gasteiger partial charge is 0.306 e. The number of hydrazone groups is 1. The van der Waals surface area contributed by atoms with Gasteiger partial charge in [-0.3, -0.25) is 4.79 Å². The van der Waals surface area contributed by atoms with E-state index in [2.05, 4.69) is 10.5 Å². The number of hydrogen-bond acceptors (Lipinski definition) is 3. The first-order chi connectivity index (χ1) is 9.37. The molecule has 2 aliphatic rings. The minimum Gasteiger partial charge on any atom is -0.306 e. The average molecular weight is 278 g/mol. The van der Waals surface area contributed by atoms with Gasteiger partial charge in [-0.2, -0.15) is 5.10 Å². The Balaban J connectivity index is 1.97. The van der Waals surface area contributed by atoms with Gasteiger partial charge in [-0.25, -0.2) is 8.78 Å². The number of nitrogens with zero attached hydrogens (tertiary/aromatic N) is 1. The molecular formula is C15H16F2N2O. The van der Waals surface area contributed by atoms with Crippen molar-refractivity contribution >= 4 is 11.5 Å². The number of Topliss-reactive ketones (excluding diaryl/α,β-unsaturated/α-hetero) is 1. The van der Waals surface area contributed by atoms with Crippen LogP contribution >= 0.6 is 0 Å². The number of nitrogens with one attached hydrogen (secondary N) is 1. The SMILES string of the molecule is CC1(C)CC(=O)[C@H]2C(c3cc(F)ccc3F)=NN[C@@H]2C1. The second-order valence-electron chi connectivity index (χ2n) is 6.35. The Morgan fingerprint density at radius 3 is 2.85 bits per heavy atom. The Bertz CT molecular complexity index is 610. The Kier molecular flexibility index (Phi) is 2.88. The molecule has 1 N–H and O–H groups in total. The third-order valence-electron chi connectivity index (χ3n) is 4.02. The van der Waals surface area contributed by atoms with Crippen LogP contribution < -0.4 is 5.43 Å². The number of carbonyl (C=O) groups excluding carboxylic acids is 1. The number of halogens is 2. The molecular weight excluding hydrogens is 262 g/mol. The second-order valence-corrected chi connectivity index (χ2v) is 6.35. The Morgan fingerprint density at radius 1 is 1.35 bits per heavy atom. The molecule has 0 bridgehead atoms. The molecule has 1 aromatic rings. The van der Waals surface area contributed by atoms with Crippen molar-refractivity contribution in [3.8, 4) is 0 Å². The van der Waals surface area contributed by atoms with E-state index in [1.165, 1.54) is 0 Å². The Hall–Kier alpha value is -1.78. The van der Waals surface area contributed by atoms with Gasteiger partial charge in [-0.15, -0.1) is 0 Å². The fraction of sp³-hybridized carbons (Fsp3) is 0.467. The molecule has 3 nitrogen and oxygen atoms in total. The smallest absolute Gasteiger partial charge is 0.144 e. The van der Waals surface area contributed by atoms with Crippen molar-refractivity contribution in [1.29, 1.82) is 0 Å². The summed E-state index contributed by atoms with van der Waals surface area (Å²) in [5.41, 5.74) is 3.24. The number of carbonyl (C=O) groups is 1. The molecule has 1 aliphatic heterocycles. The van der Waals surface area contributed by atoms with Crippen LogP contribution in [-0.2, 0) is 4.79 Å². The molecule has 2 atom stereocenters. The summed E-state index contributed by atoms with van der Waals surface area (Å²) in [7, 11) is 0. The van der Waals surface area contributed by atoms with Crippen molar-refractivity contribution in [2.75, 3.05) is 0 Å². The third kappa shape index (κ3) is 2.11. The molecule has 0 aromatic heterocycles. The van der Waals surface area contributed by atoms with E-state index in [0.29, 0.717) is 12.1 Å². The van der Waals surface area contributed by atoms with Gasteiger partial charge in [0, 0.05) is 12.0 Å². The Labute approximate surface area is 116 Å². The molecule has 3 rings (SSSR count). The summed E-state index contributed by atoms with van der Waals surface area (Å²) in [6.07, 6.45) is 1.22. The van der Waals surface area contributed by atoms with Gasteiger partial charge in [0.25, 0.3) is 0 Å². The number of benzene rings is 1. The second kappa shape index (κ2) is 4.36. The molecule has 1 fully saturated rings. The van der Waals surface area contributed by atoms with Crippen LogP contribution in [0.2, 0.25) is 0 Å². The zero-order chi connectivity index (χ0) is 14.5. The number of ketones is 1. The van der Waals surface area contributed by atoms with Crippen molar-refractivity contribution in [3.63, 3.8) is 0 Å². The van der Waals surface area contributed by atoms with Crippen molar-refractivity contribution < 1.29 is 13.6 Å². The van der Waals surface area contributed by atoms with E-state index in [9.17, 15) is 13.6 Å². The molecule has 1 aromatic carbocycles. The van der Waals surface area contributed by atoms with Crippen LogP contribution in [0.3, 0.4) is 0 Å². The molecule has 0 radical (unpaired) electrons. The molecule has 5 heteroatoms. The maximum Gasteiger partial charge on any atom is 0.144 e. The van der Waals surface area contributed by atoms with Gasteiger partial charge in [0.05, 0.1) is 17.7 Å². The van der Waals surface area contributed by atoms with Gasteiger partial charge in [0.15, 0.2) is 0 Å². The van der Waals surface area contributed by atoms with Gasteiger partial charge in [-0.05, 0) is 30.0 Å². The van der Waals surface area contributed by atoms with E-state index in [1.54, 1.807) is 0 Å². The summed E-state index contributed by atoms with van der Waals surface area (Å²) in [6, 6.07) is 3.11. The predicted octanol–water partition coefficient (Wildman–Crippen LogP) is 2.65. The lowest BCUT2D eigenvalue weighted by atomic mass is 9.68. The maximum atomic E-state index is 13.9. The van der Waals surface area contributed by atoms with Crippen LogP contribution in [0.15, 0.2) is 23.3 Å². The van der Waals surface area contributed by atoms with Gasteiger partial charge in [-0.1, -0.05) is 13.8 Å². The number of fused-ring (bicyclic) bond motifs is 1. The van der Waals surface area contributed by atoms with Gasteiger partial charge >= 0.3 is 0 Å². The van der Waals surface area contributed by atoms with E-state index in [4.69, 9.17) is 0 Å². The first-order valence-electron chi connectivity index (χ1n) is 6.69. The summed E-state index contributed by atoms with van der Waals surface area (Å²) >= 11 is 0. The normalized spacial score (nSPS) is 27.8. The highest BCUT2D eigenvalue weighted by Gasteiger charge is 2.46. The number of hydrogen-bond donors (Lipinski definition) is 1. The van der Waals surface area contributed by atoms with Gasteiger partial charge in [0.1, 0.15) is 17.4 Å². The predicted molar refractivity (Wildman–Crippen MR) is 71.3 cm³/mol. The van der Waals surface area contributed by atoms with Crippen LogP contribution in [0.5, 0.6) is 0 Å². The van der Waals surface area contributed by atoms with Crippen LogP contribution in [0.4, 0.5) is 8.78 Å². The topological polar surface area (TPSA) is 41.5 Å². The highest BCUT2D eigenvalue weighted by molar-refractivity contribution is 6.15. The molecule has 20 heavy (non-hydrogen) atoms. The minimum atomic E-state index is -0.551. The standard InChI is InChI=1S/C15H16F2N2O/c1-15(2)6-11-13(12(20)7-15)14(19-18-11)9-5-8(16)3-4-10(9)17/h3-5,11,13,18H,6-7H2,1-2H3/t11-,13+/m1/s1. The van der Waals surface area contributed by atoms with Crippen LogP contribution in [0, 0.1) is 23.0 Å². The first-order valence-corrected chi connectivity index (χ1v) is 6.69. The van der Waals surface area contributed by atoms with Gasteiger partial charge in [0.2, 0.25) is 0 Å². The van der Waals surface area contributed by atoms with Crippen molar-refractivity contribution in [2.24, 2.45) is 16.4 Å². The summed E-state index contributed by atoms with van der Waals surface area (Å²) in [4.78, 5) is 12.3. The molecule has 0 spiro atoms. The van der Waals surface area contributed by atoms with Crippen LogP contribution in [-0.4, -0.2) is 17.5 Å². The number of rotatable bonds is 1. The zero-order valence-corrected chi connectivity index (χ0v) is 11.4. The summed E-state index contributed by atoms with van der Waals surface area (Å²) in [5, 5.41) is 4.11. The fourth-order valence-corrected chi connectivity index (χ4v) is 3.20. The minimum absolute atomic E-state index is 0.0404. The van der Waals surface area contributed by atoms with E-state index < -0.39 is 17.6 Å². The molecule has 106 valence electrons. The third-order valence-corrected chi connectivity index (χ3v) is 4.02. The first kappa shape index (κ1) is 13.2. The Morgan fingerprint density at radius 2 is 2.10 bits per heavy atom. The lowest BCUT2D eigenvalue weighted by molar-refractivity contribution is -0.126. The van der Waals surface area contributed by atoms with Crippen molar-refractivity contribution in [2.45, 2.75) is 32.7 Å². The fourth-order valence-electron chi connectivity index (χ4n) is 3.20. The molecule has 0 amide bonds. The quantitative estimate of drug-likeness (QED) is 0.858. The van der Waals surface area contributed by atoms with Crippen molar-refractivity contribution in [1.82, 2.24) is 5.43 Å². The van der Waals surface area contributed by atoms with Crippen LogP contribution in [0.1, 0.15) is 32.3 Å². The maximum absolute atomic E-state index is 13.9. The highest BCUT2D eigenvalue weighted by atomic mass is 19.1. The lowest BCUT2D eigenvalue weighted by Gasteiger charge is -2.36. The average Bonchev–Trinajstić information content (AvgIpc) is 2.74. The summed E-state index contributed by atoms with van der Waals surface area (Å²) in [6.45, 7) is 4.06.